The fourth-order valence-electron chi connectivity index (χ4n) is 7.97. The van der Waals surface area contributed by atoms with E-state index in [2.05, 4.69) is 40.3 Å². The standard InChI is InChI=1S/2C24H20ClF4N7O3/c2*25-14-5-3-13(4-6-14)22-33-35(23(39)34(22)10-20(38)24(27,28)29)11-21-31-12-36(32-21)18-2-1-7-30-17(18)9-19(37)15-8-16(15)26/h2*1-7,12,15-16,20,38H,8-11H2/t15-,16+,20+;15-,16+,20-/m10/s1. The second kappa shape index (κ2) is 22.3. The van der Waals surface area contributed by atoms with E-state index in [-0.39, 0.29) is 73.6 Å². The number of alkyl halides is 8. The van der Waals surface area contributed by atoms with Gasteiger partial charge in [-0.1, -0.05) is 23.2 Å². The molecule has 0 spiro atoms. The number of hydrogen-bond acceptors (Lipinski definition) is 14. The summed E-state index contributed by atoms with van der Waals surface area (Å²) in [6.07, 6.45) is -11.9. The summed E-state index contributed by atoms with van der Waals surface area (Å²) in [7, 11) is 0. The molecule has 6 aromatic heterocycles. The normalized spacial score (nSPS) is 17.8. The summed E-state index contributed by atoms with van der Waals surface area (Å²) >= 11 is 11.8. The molecule has 2 aliphatic rings. The largest absolute Gasteiger partial charge is 0.416 e. The quantitative estimate of drug-likeness (QED) is 0.100. The van der Waals surface area contributed by atoms with E-state index < -0.39 is 73.2 Å². The number of pyridine rings is 2. The van der Waals surface area contributed by atoms with Crippen molar-refractivity contribution < 1.29 is 54.9 Å². The van der Waals surface area contributed by atoms with Crippen molar-refractivity contribution in [2.24, 2.45) is 11.8 Å². The minimum absolute atomic E-state index is 0.0907. The average molecular weight is 1130 g/mol. The molecule has 2 fully saturated rings. The van der Waals surface area contributed by atoms with E-state index in [4.69, 9.17) is 23.2 Å². The molecule has 0 bridgehead atoms. The molecule has 0 aliphatic heterocycles. The molecule has 78 heavy (non-hydrogen) atoms. The molecule has 8 aromatic rings. The lowest BCUT2D eigenvalue weighted by Crippen LogP contribution is -2.37. The van der Waals surface area contributed by atoms with E-state index in [1.54, 1.807) is 24.3 Å². The van der Waals surface area contributed by atoms with Gasteiger partial charge in [0.25, 0.3) is 0 Å². The molecule has 0 saturated heterocycles. The first-order valence-corrected chi connectivity index (χ1v) is 24.2. The number of carbonyl (C=O) groups is 2. The van der Waals surface area contributed by atoms with Crippen molar-refractivity contribution in [2.45, 2.75) is 88.8 Å². The van der Waals surface area contributed by atoms with Crippen LogP contribution in [0.4, 0.5) is 35.1 Å². The minimum Gasteiger partial charge on any atom is -0.382 e. The van der Waals surface area contributed by atoms with Crippen LogP contribution >= 0.6 is 23.2 Å². The monoisotopic (exact) mass is 1130 g/mol. The molecule has 2 aromatic carbocycles. The van der Waals surface area contributed by atoms with Crippen LogP contribution in [0.1, 0.15) is 35.9 Å². The summed E-state index contributed by atoms with van der Waals surface area (Å²) in [4.78, 5) is 67.4. The van der Waals surface area contributed by atoms with E-state index in [0.29, 0.717) is 43.9 Å². The SMILES string of the molecule is O=C(Cc1ncccc1-n1cnc(Cn2nc(-c3ccc(Cl)cc3)n(C[C@H](O)C(F)(F)F)c2=O)n1)[C@@H]1C[C@@H]1F.O=C(Cc1ncccc1-n1cnc(Cn2nc(-c3ccc(Cl)cc3)n(C[C@H](O)C(F)(F)F)c2=O)n1)[C@H]1C[C@H]1F. The summed E-state index contributed by atoms with van der Waals surface area (Å²) < 4.78 is 111. The van der Waals surface area contributed by atoms with E-state index in [1.807, 2.05) is 0 Å². The fraction of sp³-hybridized carbons (Fsp3) is 0.333. The number of benzene rings is 2. The van der Waals surface area contributed by atoms with Crippen LogP contribution in [0.2, 0.25) is 10.0 Å². The molecule has 2 saturated carbocycles. The Morgan fingerprint density at radius 3 is 1.27 bits per heavy atom. The number of hydrogen-bond donors (Lipinski definition) is 2. The number of rotatable bonds is 18. The third kappa shape index (κ3) is 12.6. The Labute approximate surface area is 443 Å². The summed E-state index contributed by atoms with van der Waals surface area (Å²) in [5.41, 5.74) is 0.353. The molecule has 10 rings (SSSR count). The third-order valence-corrected chi connectivity index (χ3v) is 12.8. The van der Waals surface area contributed by atoms with Gasteiger partial charge in [0.2, 0.25) is 0 Å². The molecule has 2 N–H and O–H groups in total. The Morgan fingerprint density at radius 2 is 0.936 bits per heavy atom. The molecular weight excluding hydrogens is 1090 g/mol. The van der Waals surface area contributed by atoms with Gasteiger partial charge in [0, 0.05) is 33.6 Å². The summed E-state index contributed by atoms with van der Waals surface area (Å²) in [5, 5.41) is 37.0. The number of nitrogens with zero attached hydrogens (tertiary/aromatic N) is 14. The molecule has 0 radical (unpaired) electrons. The molecule has 30 heteroatoms. The van der Waals surface area contributed by atoms with Crippen LogP contribution in [-0.4, -0.2) is 127 Å². The summed E-state index contributed by atoms with van der Waals surface area (Å²) in [6, 6.07) is 18.4. The lowest BCUT2D eigenvalue weighted by molar-refractivity contribution is -0.207. The molecular formula is C48H40Cl2F8N14O6. The van der Waals surface area contributed by atoms with Crippen molar-refractivity contribution in [3.63, 3.8) is 0 Å². The zero-order chi connectivity index (χ0) is 55.8. The van der Waals surface area contributed by atoms with Crippen molar-refractivity contribution in [3.8, 4) is 34.2 Å². The predicted octanol–water partition coefficient (Wildman–Crippen LogP) is 5.56. The first-order chi connectivity index (χ1) is 37.0. The highest BCUT2D eigenvalue weighted by Crippen LogP contribution is 2.37. The number of halogens is 10. The lowest BCUT2D eigenvalue weighted by atomic mass is 10.1. The third-order valence-electron chi connectivity index (χ3n) is 12.3. The Bertz CT molecular complexity index is 3360. The van der Waals surface area contributed by atoms with Crippen LogP contribution in [0.15, 0.2) is 107 Å². The Kier molecular flexibility index (Phi) is 15.7. The van der Waals surface area contributed by atoms with E-state index in [1.165, 1.54) is 82.9 Å². The predicted molar refractivity (Wildman–Crippen MR) is 258 cm³/mol. The number of Topliss-reactive ketones (excluding diaryl/α,β-unsaturated/α-hetero) is 2. The molecule has 0 amide bonds. The van der Waals surface area contributed by atoms with Crippen LogP contribution in [0, 0.1) is 11.8 Å². The van der Waals surface area contributed by atoms with Crippen LogP contribution < -0.4 is 11.4 Å². The Morgan fingerprint density at radius 1 is 0.577 bits per heavy atom. The highest BCUT2D eigenvalue weighted by Gasteiger charge is 2.45. The maximum absolute atomic E-state index is 13.3. The molecule has 2 aliphatic carbocycles. The molecule has 0 unspecified atom stereocenters. The van der Waals surface area contributed by atoms with Gasteiger partial charge in [-0.2, -0.15) is 26.3 Å². The summed E-state index contributed by atoms with van der Waals surface area (Å²) in [6.45, 7) is -2.75. The average Bonchev–Trinajstić information content (AvgIpc) is 4.04. The van der Waals surface area contributed by atoms with Crippen molar-refractivity contribution in [1.82, 2.24) is 68.2 Å². The van der Waals surface area contributed by atoms with Crippen LogP contribution in [0.3, 0.4) is 0 Å². The van der Waals surface area contributed by atoms with Gasteiger partial charge in [-0.05, 0) is 85.6 Å². The van der Waals surface area contributed by atoms with Crippen LogP contribution in [0.25, 0.3) is 34.2 Å². The maximum Gasteiger partial charge on any atom is 0.416 e. The Balaban J connectivity index is 0.000000190. The van der Waals surface area contributed by atoms with Gasteiger partial charge in [0.05, 0.1) is 60.5 Å². The molecule has 408 valence electrons. The van der Waals surface area contributed by atoms with Gasteiger partial charge >= 0.3 is 23.7 Å². The second-order valence-corrected chi connectivity index (χ2v) is 18.9. The van der Waals surface area contributed by atoms with Gasteiger partial charge in [-0.3, -0.25) is 28.7 Å². The van der Waals surface area contributed by atoms with Crippen molar-refractivity contribution in [1.29, 1.82) is 0 Å². The van der Waals surface area contributed by atoms with Crippen LogP contribution in [-0.2, 0) is 48.6 Å². The fourth-order valence-corrected chi connectivity index (χ4v) is 8.22. The highest BCUT2D eigenvalue weighted by atomic mass is 35.5. The zero-order valence-electron chi connectivity index (χ0n) is 39.9. The molecule has 6 atom stereocenters. The number of aliphatic hydroxyl groups excluding tert-OH is 2. The van der Waals surface area contributed by atoms with E-state index >= 15 is 0 Å². The Hall–Kier alpha value is -7.82. The van der Waals surface area contributed by atoms with Gasteiger partial charge in [-0.15, -0.1) is 20.4 Å². The van der Waals surface area contributed by atoms with Gasteiger partial charge in [0.15, 0.2) is 35.5 Å². The van der Waals surface area contributed by atoms with E-state index in [0.717, 1.165) is 18.5 Å². The lowest BCUT2D eigenvalue weighted by Gasteiger charge is -2.15. The van der Waals surface area contributed by atoms with Crippen molar-refractivity contribution in [2.75, 3.05) is 0 Å². The number of aliphatic hydroxyl groups is 2. The van der Waals surface area contributed by atoms with Crippen molar-refractivity contribution in [3.05, 3.63) is 152 Å². The smallest absolute Gasteiger partial charge is 0.382 e. The minimum atomic E-state index is -4.95. The number of aromatic nitrogens is 14. The topological polar surface area (TPSA) is 241 Å². The first kappa shape index (κ1) is 55.0. The summed E-state index contributed by atoms with van der Waals surface area (Å²) in [5.74, 6) is -1.83. The highest BCUT2D eigenvalue weighted by molar-refractivity contribution is 6.30. The molecule has 20 nitrogen and oxygen atoms in total. The van der Waals surface area contributed by atoms with Crippen LogP contribution in [0.5, 0.6) is 0 Å². The van der Waals surface area contributed by atoms with Gasteiger partial charge in [-0.25, -0.2) is 47.1 Å². The van der Waals surface area contributed by atoms with Crippen molar-refractivity contribution >= 4 is 34.8 Å². The van der Waals surface area contributed by atoms with Gasteiger partial charge in [0.1, 0.15) is 49.7 Å². The second-order valence-electron chi connectivity index (χ2n) is 18.0. The number of ketones is 2. The van der Waals surface area contributed by atoms with E-state index in [9.17, 15) is 64.5 Å². The first-order valence-electron chi connectivity index (χ1n) is 23.4. The molecule has 6 heterocycles. The van der Waals surface area contributed by atoms with Gasteiger partial charge < -0.3 is 10.2 Å². The zero-order valence-corrected chi connectivity index (χ0v) is 41.4. The maximum atomic E-state index is 13.3. The number of carbonyl (C=O) groups excluding carboxylic acids is 2.